The SMILES string of the molecule is CSNc1nn(C)c2c(-c3ccc(C#CC(C)(C)S(=O)(=O)C4CC4)nc3C(Cc3cc(F)cc(F)c3)NOCN(N)C=N)ccc(Cl)c12. The second kappa shape index (κ2) is 14.4. The number of rotatable bonds is 13. The van der Waals surface area contributed by atoms with Crippen molar-refractivity contribution < 1.29 is 22.0 Å². The van der Waals surface area contributed by atoms with Crippen molar-refractivity contribution in [1.82, 2.24) is 25.3 Å². The van der Waals surface area contributed by atoms with Gasteiger partial charge in [-0.05, 0) is 74.9 Å². The molecule has 1 unspecified atom stereocenters. The van der Waals surface area contributed by atoms with Crippen LogP contribution >= 0.6 is 23.5 Å². The molecule has 0 spiro atoms. The maximum Gasteiger partial charge on any atom is 0.169 e. The minimum absolute atomic E-state index is 0.00365. The second-order valence-electron chi connectivity index (χ2n) is 11.8. The van der Waals surface area contributed by atoms with Crippen molar-refractivity contribution in [3.63, 3.8) is 0 Å². The number of nitrogens with one attached hydrogen (secondary N) is 3. The van der Waals surface area contributed by atoms with Crippen LogP contribution in [0.15, 0.2) is 42.5 Å². The molecule has 5 N–H and O–H groups in total. The molecule has 0 amide bonds. The van der Waals surface area contributed by atoms with Gasteiger partial charge in [0.2, 0.25) is 0 Å². The van der Waals surface area contributed by atoms with Crippen molar-refractivity contribution in [1.29, 1.82) is 5.41 Å². The number of benzene rings is 2. The summed E-state index contributed by atoms with van der Waals surface area (Å²) in [4.78, 5) is 10.5. The number of hydrazine groups is 1. The van der Waals surface area contributed by atoms with Gasteiger partial charge in [0.25, 0.3) is 0 Å². The summed E-state index contributed by atoms with van der Waals surface area (Å²) in [6, 6.07) is 9.38. The van der Waals surface area contributed by atoms with E-state index in [-0.39, 0.29) is 18.8 Å². The van der Waals surface area contributed by atoms with Gasteiger partial charge in [-0.3, -0.25) is 19.9 Å². The molecule has 2 heterocycles. The smallest absolute Gasteiger partial charge is 0.169 e. The molecule has 1 aliphatic carbocycles. The molecule has 0 aliphatic heterocycles. The Morgan fingerprint density at radius 1 is 1.23 bits per heavy atom. The molecule has 2 aromatic heterocycles. The van der Waals surface area contributed by atoms with E-state index in [0.717, 1.165) is 17.4 Å². The van der Waals surface area contributed by atoms with E-state index in [1.54, 1.807) is 43.8 Å². The van der Waals surface area contributed by atoms with E-state index in [1.165, 1.54) is 24.1 Å². The molecular formula is C32H35ClF2N8O3S2. The number of halogens is 3. The quantitative estimate of drug-likeness (QED) is 0.0265. The van der Waals surface area contributed by atoms with Crippen molar-refractivity contribution >= 4 is 56.4 Å². The Balaban J connectivity index is 1.70. The molecule has 16 heteroatoms. The molecule has 11 nitrogen and oxygen atoms in total. The van der Waals surface area contributed by atoms with Crippen LogP contribution in [0.1, 0.15) is 49.7 Å². The summed E-state index contributed by atoms with van der Waals surface area (Å²) in [5.41, 5.74) is 5.82. The molecule has 1 aliphatic rings. The number of aromatic nitrogens is 3. The van der Waals surface area contributed by atoms with Gasteiger partial charge >= 0.3 is 0 Å². The fraction of sp³-hybridized carbons (Fsp3) is 0.344. The number of hydroxylamine groups is 1. The Hall–Kier alpha value is -3.78. The van der Waals surface area contributed by atoms with Crippen LogP contribution in [0.5, 0.6) is 0 Å². The van der Waals surface area contributed by atoms with E-state index in [4.69, 9.17) is 32.7 Å². The van der Waals surface area contributed by atoms with Gasteiger partial charge in [-0.15, -0.1) is 0 Å². The standard InChI is InChI=1S/C32H35ClF2N8O3S2/c1-32(2,48(44,45)23-6-7-23)12-11-22-5-8-24(25-9-10-26(33)28-30(25)42(3)39-31(28)41-47-4)29(38-22)27(40-46-18-43(37)17-36)15-19-13-20(34)16-21(35)14-19/h5,8-10,13-14,16-17,23,27,36,40H,6-7,15,18,37H2,1-4H3,(H,39,41). The molecule has 1 saturated carbocycles. The number of anilines is 1. The average molecular weight is 717 g/mol. The Morgan fingerprint density at radius 3 is 2.56 bits per heavy atom. The minimum Gasteiger partial charge on any atom is -0.313 e. The lowest BCUT2D eigenvalue weighted by molar-refractivity contribution is -0.0283. The number of aryl methyl sites for hydroxylation is 1. The van der Waals surface area contributed by atoms with E-state index in [9.17, 15) is 17.2 Å². The molecule has 4 aromatic rings. The fourth-order valence-corrected chi connectivity index (χ4v) is 7.65. The summed E-state index contributed by atoms with van der Waals surface area (Å²) in [5.74, 6) is 10.6. The molecule has 1 atom stereocenters. The fourth-order valence-electron chi connectivity index (χ4n) is 5.29. The van der Waals surface area contributed by atoms with Gasteiger partial charge in [-0.25, -0.2) is 28.0 Å². The predicted molar refractivity (Wildman–Crippen MR) is 186 cm³/mol. The summed E-state index contributed by atoms with van der Waals surface area (Å²) in [6.45, 7) is 2.92. The third-order valence-corrected chi connectivity index (χ3v) is 11.4. The number of pyridine rings is 1. The van der Waals surface area contributed by atoms with Crippen LogP contribution < -0.4 is 16.0 Å². The summed E-state index contributed by atoms with van der Waals surface area (Å²) in [6.07, 6.45) is 3.97. The first-order valence-corrected chi connectivity index (χ1v) is 18.0. The molecule has 0 bridgehead atoms. The molecule has 0 saturated heterocycles. The summed E-state index contributed by atoms with van der Waals surface area (Å²) < 4.78 is 58.3. The van der Waals surface area contributed by atoms with Crippen LogP contribution in [0.3, 0.4) is 0 Å². The molecule has 5 rings (SSSR count). The van der Waals surface area contributed by atoms with E-state index < -0.39 is 37.5 Å². The van der Waals surface area contributed by atoms with Crippen LogP contribution in [-0.2, 0) is 28.1 Å². The average Bonchev–Trinajstić information content (AvgIpc) is 3.84. The molecule has 1 fully saturated rings. The number of hydrogen-bond acceptors (Lipinski definition) is 10. The monoisotopic (exact) mass is 716 g/mol. The summed E-state index contributed by atoms with van der Waals surface area (Å²) in [5, 5.41) is 13.7. The number of nitrogens with zero attached hydrogens (tertiary/aromatic N) is 4. The first-order valence-electron chi connectivity index (χ1n) is 14.8. The van der Waals surface area contributed by atoms with Gasteiger partial charge in [-0.2, -0.15) is 10.6 Å². The van der Waals surface area contributed by atoms with E-state index in [1.807, 2.05) is 12.3 Å². The van der Waals surface area contributed by atoms with Crippen molar-refractivity contribution in [2.45, 2.75) is 49.1 Å². The second-order valence-corrected chi connectivity index (χ2v) is 15.6. The minimum atomic E-state index is -3.49. The van der Waals surface area contributed by atoms with Gasteiger partial charge in [0.15, 0.2) is 22.4 Å². The highest BCUT2D eigenvalue weighted by Crippen LogP contribution is 2.40. The van der Waals surface area contributed by atoms with Gasteiger partial charge in [0, 0.05) is 30.5 Å². The molecule has 0 radical (unpaired) electrons. The van der Waals surface area contributed by atoms with E-state index in [2.05, 4.69) is 27.1 Å². The van der Waals surface area contributed by atoms with Crippen LogP contribution in [0, 0.1) is 28.9 Å². The predicted octanol–water partition coefficient (Wildman–Crippen LogP) is 5.51. The number of sulfone groups is 1. The Bertz CT molecular complexity index is 2010. The lowest BCUT2D eigenvalue weighted by Gasteiger charge is -2.23. The molecule has 48 heavy (non-hydrogen) atoms. The van der Waals surface area contributed by atoms with E-state index >= 15 is 0 Å². The lowest BCUT2D eigenvalue weighted by atomic mass is 9.94. The molecule has 254 valence electrons. The number of nitrogens with two attached hydrogens (primary N) is 1. The van der Waals surface area contributed by atoms with Crippen LogP contribution in [0.4, 0.5) is 14.6 Å². The summed E-state index contributed by atoms with van der Waals surface area (Å²) >= 11 is 8.03. The highest BCUT2D eigenvalue weighted by Gasteiger charge is 2.45. The number of hydrogen-bond donors (Lipinski definition) is 4. The zero-order valence-electron chi connectivity index (χ0n) is 26.6. The van der Waals surface area contributed by atoms with Gasteiger partial charge < -0.3 is 4.72 Å². The van der Waals surface area contributed by atoms with Crippen LogP contribution in [0.25, 0.3) is 22.0 Å². The zero-order chi connectivity index (χ0) is 34.8. The first kappa shape index (κ1) is 35.5. The Labute approximate surface area is 287 Å². The highest BCUT2D eigenvalue weighted by atomic mass is 35.5. The lowest BCUT2D eigenvalue weighted by Crippen LogP contribution is -2.36. The third-order valence-electron chi connectivity index (χ3n) is 7.81. The van der Waals surface area contributed by atoms with Gasteiger partial charge in [0.1, 0.15) is 22.1 Å². The zero-order valence-corrected chi connectivity index (χ0v) is 29.0. The van der Waals surface area contributed by atoms with Crippen molar-refractivity contribution in [2.24, 2.45) is 12.9 Å². The van der Waals surface area contributed by atoms with Crippen molar-refractivity contribution in [2.75, 3.05) is 17.7 Å². The van der Waals surface area contributed by atoms with Crippen LogP contribution in [0.2, 0.25) is 5.02 Å². The molecular weight excluding hydrogens is 682 g/mol. The largest absolute Gasteiger partial charge is 0.313 e. The van der Waals surface area contributed by atoms with E-state index in [0.29, 0.717) is 57.0 Å². The maximum absolute atomic E-state index is 14.3. The van der Waals surface area contributed by atoms with Crippen molar-refractivity contribution in [3.05, 3.63) is 76.1 Å². The summed E-state index contributed by atoms with van der Waals surface area (Å²) in [7, 11) is -1.71. The van der Waals surface area contributed by atoms with Crippen LogP contribution in [-0.4, -0.2) is 57.5 Å². The first-order chi connectivity index (χ1) is 22.7. The Kier molecular flexibility index (Phi) is 10.6. The Morgan fingerprint density at radius 2 is 1.92 bits per heavy atom. The van der Waals surface area contributed by atoms with Crippen molar-refractivity contribution in [3.8, 4) is 23.0 Å². The van der Waals surface area contributed by atoms with Gasteiger partial charge in [-0.1, -0.05) is 35.5 Å². The molecule has 2 aromatic carbocycles. The number of fused-ring (bicyclic) bond motifs is 1. The maximum atomic E-state index is 14.3. The normalized spacial score (nSPS) is 14.0. The highest BCUT2D eigenvalue weighted by molar-refractivity contribution is 7.99. The topological polar surface area (TPSA) is 151 Å². The van der Waals surface area contributed by atoms with Gasteiger partial charge in [0.05, 0.1) is 39.2 Å². The third kappa shape index (κ3) is 7.59.